The lowest BCUT2D eigenvalue weighted by Gasteiger charge is -2.10. The number of imidazole rings is 1. The molecule has 0 radical (unpaired) electrons. The summed E-state index contributed by atoms with van der Waals surface area (Å²) < 4.78 is 13.8. The topological polar surface area (TPSA) is 66.5 Å². The molecule has 0 aliphatic heterocycles. The van der Waals surface area contributed by atoms with E-state index in [2.05, 4.69) is 41.2 Å². The lowest BCUT2D eigenvalue weighted by molar-refractivity contribution is 0.620. The van der Waals surface area contributed by atoms with Gasteiger partial charge in [0.05, 0.1) is 10.8 Å². The number of nitrogens with zero attached hydrogens (tertiary/aromatic N) is 3. The van der Waals surface area contributed by atoms with E-state index >= 15 is 0 Å². The second-order valence-electron chi connectivity index (χ2n) is 4.15. The minimum absolute atomic E-state index is 0.0888. The lowest BCUT2D eigenvalue weighted by Crippen LogP contribution is -1.99. The maximum atomic E-state index is 13.4. The number of hydrogen-bond acceptors (Lipinski definition) is 4. The van der Waals surface area contributed by atoms with E-state index < -0.39 is 0 Å². The third-order valence-electron chi connectivity index (χ3n) is 2.78. The lowest BCUT2D eigenvalue weighted by atomic mass is 10.2. The summed E-state index contributed by atoms with van der Waals surface area (Å²) in [4.78, 5) is 15.1. The molecule has 2 N–H and O–H groups in total. The molecule has 3 rings (SSSR count). The fourth-order valence-electron chi connectivity index (χ4n) is 1.81. The van der Waals surface area contributed by atoms with E-state index in [0.717, 1.165) is 5.56 Å². The zero-order valence-corrected chi connectivity index (χ0v) is 12.5. The van der Waals surface area contributed by atoms with Crippen molar-refractivity contribution < 1.29 is 4.39 Å². The molecule has 3 aromatic rings. The number of H-pyrrole nitrogens is 1. The molecular formula is C12H8BrClFN5. The Morgan fingerprint density at radius 1 is 1.35 bits per heavy atom. The zero-order valence-electron chi connectivity index (χ0n) is 10.2. The predicted molar refractivity (Wildman–Crippen MR) is 78.8 cm³/mol. The molecule has 0 aliphatic carbocycles. The highest BCUT2D eigenvalue weighted by Gasteiger charge is 2.11. The van der Waals surface area contributed by atoms with Crippen LogP contribution >= 0.6 is 27.5 Å². The van der Waals surface area contributed by atoms with Crippen molar-refractivity contribution in [1.82, 2.24) is 19.9 Å². The normalized spacial score (nSPS) is 11.0. The average Bonchev–Trinajstić information content (AvgIpc) is 2.84. The van der Waals surface area contributed by atoms with E-state index in [0.29, 0.717) is 27.1 Å². The van der Waals surface area contributed by atoms with Gasteiger partial charge in [0.15, 0.2) is 11.5 Å². The van der Waals surface area contributed by atoms with E-state index in [4.69, 9.17) is 11.6 Å². The Bertz CT molecular complexity index is 804. The van der Waals surface area contributed by atoms with E-state index in [1.54, 1.807) is 13.0 Å². The Labute approximate surface area is 126 Å². The molecular weight excluding hydrogens is 349 g/mol. The number of hydrogen-bond donors (Lipinski definition) is 2. The van der Waals surface area contributed by atoms with Gasteiger partial charge in [-0.1, -0.05) is 0 Å². The molecule has 2 heterocycles. The maximum Gasteiger partial charge on any atom is 0.226 e. The fraction of sp³-hybridized carbons (Fsp3) is 0.0833. The number of rotatable bonds is 2. The van der Waals surface area contributed by atoms with Gasteiger partial charge in [0, 0.05) is 5.69 Å². The molecule has 8 heteroatoms. The molecule has 0 aliphatic rings. The number of aromatic amines is 1. The number of nitrogens with one attached hydrogen (secondary N) is 2. The van der Waals surface area contributed by atoms with Crippen LogP contribution in [0.15, 0.2) is 22.9 Å². The minimum atomic E-state index is -0.319. The van der Waals surface area contributed by atoms with E-state index in [9.17, 15) is 4.39 Å². The van der Waals surface area contributed by atoms with Gasteiger partial charge in [-0.3, -0.25) is 0 Å². The van der Waals surface area contributed by atoms with Gasteiger partial charge in [-0.2, -0.15) is 9.97 Å². The van der Waals surface area contributed by atoms with Crippen LogP contribution < -0.4 is 5.32 Å². The van der Waals surface area contributed by atoms with Crippen molar-refractivity contribution in [1.29, 1.82) is 0 Å². The maximum absolute atomic E-state index is 13.4. The highest BCUT2D eigenvalue weighted by molar-refractivity contribution is 9.10. The van der Waals surface area contributed by atoms with Gasteiger partial charge in [-0.15, -0.1) is 0 Å². The molecule has 2 aromatic heterocycles. The molecule has 102 valence electrons. The monoisotopic (exact) mass is 355 g/mol. The van der Waals surface area contributed by atoms with E-state index in [-0.39, 0.29) is 11.1 Å². The van der Waals surface area contributed by atoms with Crippen molar-refractivity contribution in [2.45, 2.75) is 6.92 Å². The first-order chi connectivity index (χ1) is 9.54. The number of halogens is 3. The third-order valence-corrected chi connectivity index (χ3v) is 3.56. The van der Waals surface area contributed by atoms with Gasteiger partial charge in [0.2, 0.25) is 5.28 Å². The van der Waals surface area contributed by atoms with Crippen molar-refractivity contribution >= 4 is 50.2 Å². The Balaban J connectivity index is 2.09. The van der Waals surface area contributed by atoms with Crippen molar-refractivity contribution in [3.05, 3.63) is 39.6 Å². The Hall–Kier alpha value is -1.73. The van der Waals surface area contributed by atoms with Crippen LogP contribution in [0.1, 0.15) is 5.56 Å². The molecule has 0 unspecified atom stereocenters. The molecule has 1 aromatic carbocycles. The smallest absolute Gasteiger partial charge is 0.226 e. The van der Waals surface area contributed by atoms with Gasteiger partial charge >= 0.3 is 0 Å². The number of fused-ring (bicyclic) bond motifs is 1. The van der Waals surface area contributed by atoms with Gasteiger partial charge in [-0.05, 0) is 52.2 Å². The fourth-order valence-corrected chi connectivity index (χ4v) is 2.31. The van der Waals surface area contributed by atoms with Crippen molar-refractivity contribution in [2.24, 2.45) is 0 Å². The molecule has 5 nitrogen and oxygen atoms in total. The summed E-state index contributed by atoms with van der Waals surface area (Å²) >= 11 is 9.01. The van der Waals surface area contributed by atoms with Crippen LogP contribution in [0.4, 0.5) is 15.9 Å². The number of aryl methyl sites for hydroxylation is 1. The summed E-state index contributed by atoms with van der Waals surface area (Å²) in [6.07, 6.45) is 1.51. The quantitative estimate of drug-likeness (QED) is 0.682. The zero-order chi connectivity index (χ0) is 14.3. The predicted octanol–water partition coefficient (Wildman–Crippen LogP) is 3.96. The molecule has 0 fully saturated rings. The Morgan fingerprint density at radius 3 is 2.95 bits per heavy atom. The molecule has 0 saturated carbocycles. The van der Waals surface area contributed by atoms with Crippen LogP contribution in [0.3, 0.4) is 0 Å². The van der Waals surface area contributed by atoms with Crippen LogP contribution in [0.25, 0.3) is 11.2 Å². The van der Waals surface area contributed by atoms with Crippen LogP contribution in [0, 0.1) is 12.7 Å². The first-order valence-corrected chi connectivity index (χ1v) is 6.81. The van der Waals surface area contributed by atoms with E-state index in [1.807, 2.05) is 0 Å². The summed E-state index contributed by atoms with van der Waals surface area (Å²) in [5.41, 5.74) is 2.55. The molecule has 20 heavy (non-hydrogen) atoms. The SMILES string of the molecule is Cc1cc(F)c(Br)cc1Nc1nc(Cl)nc2nc[nH]c12. The number of aromatic nitrogens is 4. The van der Waals surface area contributed by atoms with Crippen molar-refractivity contribution in [3.8, 4) is 0 Å². The van der Waals surface area contributed by atoms with Crippen molar-refractivity contribution in [2.75, 3.05) is 5.32 Å². The minimum Gasteiger partial charge on any atom is -0.340 e. The standard InChI is InChI=1S/C12H8BrClFN5/c1-5-2-7(15)6(13)3-8(5)18-11-9-10(17-4-16-9)19-12(14)20-11/h2-4H,1H3,(H2,16,17,18,19,20). The molecule has 0 atom stereocenters. The van der Waals surface area contributed by atoms with Gasteiger partial charge < -0.3 is 10.3 Å². The molecule has 0 saturated heterocycles. The number of anilines is 2. The summed E-state index contributed by atoms with van der Waals surface area (Å²) in [5, 5.41) is 3.20. The van der Waals surface area contributed by atoms with Crippen LogP contribution in [0.2, 0.25) is 5.28 Å². The average molecular weight is 357 g/mol. The summed E-state index contributed by atoms with van der Waals surface area (Å²) in [5.74, 6) is 0.166. The molecule has 0 bridgehead atoms. The second-order valence-corrected chi connectivity index (χ2v) is 5.34. The van der Waals surface area contributed by atoms with Crippen LogP contribution in [-0.2, 0) is 0 Å². The molecule has 0 spiro atoms. The third kappa shape index (κ3) is 2.34. The number of benzene rings is 1. The Kier molecular flexibility index (Phi) is 3.31. The largest absolute Gasteiger partial charge is 0.340 e. The van der Waals surface area contributed by atoms with Crippen LogP contribution in [-0.4, -0.2) is 19.9 Å². The first kappa shape index (κ1) is 13.3. The van der Waals surface area contributed by atoms with Crippen LogP contribution in [0.5, 0.6) is 0 Å². The Morgan fingerprint density at radius 2 is 2.15 bits per heavy atom. The summed E-state index contributed by atoms with van der Waals surface area (Å²) in [6, 6.07) is 3.07. The van der Waals surface area contributed by atoms with Crippen molar-refractivity contribution in [3.63, 3.8) is 0 Å². The molecule has 0 amide bonds. The highest BCUT2D eigenvalue weighted by atomic mass is 79.9. The summed E-state index contributed by atoms with van der Waals surface area (Å²) in [7, 11) is 0. The van der Waals surface area contributed by atoms with Gasteiger partial charge in [-0.25, -0.2) is 9.37 Å². The second kappa shape index (κ2) is 4.99. The summed E-state index contributed by atoms with van der Waals surface area (Å²) in [6.45, 7) is 1.80. The van der Waals surface area contributed by atoms with Gasteiger partial charge in [0.1, 0.15) is 11.3 Å². The first-order valence-electron chi connectivity index (χ1n) is 5.64. The van der Waals surface area contributed by atoms with Gasteiger partial charge in [0.25, 0.3) is 0 Å². The van der Waals surface area contributed by atoms with E-state index in [1.165, 1.54) is 12.4 Å². The highest BCUT2D eigenvalue weighted by Crippen LogP contribution is 2.28.